The average molecular weight is 295 g/mol. The van der Waals surface area contributed by atoms with E-state index >= 15 is 0 Å². The number of hydrogen-bond acceptors (Lipinski definition) is 4. The molecule has 1 aliphatic rings. The van der Waals surface area contributed by atoms with E-state index in [4.69, 9.17) is 0 Å². The SMILES string of the molecule is CNC1(CC(=O)N(C)Cc2cnc(C)s2)CCCCC1. The molecule has 1 heterocycles. The molecule has 112 valence electrons. The van der Waals surface area contributed by atoms with Gasteiger partial charge in [0.2, 0.25) is 5.91 Å². The summed E-state index contributed by atoms with van der Waals surface area (Å²) in [6, 6.07) is 0. The average Bonchev–Trinajstić information content (AvgIpc) is 2.85. The second-order valence-electron chi connectivity index (χ2n) is 5.86. The second-order valence-corrected chi connectivity index (χ2v) is 7.18. The molecule has 1 saturated carbocycles. The lowest BCUT2D eigenvalue weighted by Crippen LogP contribution is -2.48. The van der Waals surface area contributed by atoms with Gasteiger partial charge in [-0.1, -0.05) is 19.3 Å². The van der Waals surface area contributed by atoms with Crippen molar-refractivity contribution in [3.63, 3.8) is 0 Å². The molecule has 0 bridgehead atoms. The molecule has 0 aliphatic heterocycles. The third-order valence-electron chi connectivity index (χ3n) is 4.32. The first-order valence-corrected chi connectivity index (χ1v) is 8.20. The molecular weight excluding hydrogens is 270 g/mol. The third-order valence-corrected chi connectivity index (χ3v) is 5.22. The Kier molecular flexibility index (Phi) is 5.16. The molecule has 1 aromatic rings. The molecule has 0 saturated heterocycles. The number of carbonyl (C=O) groups excluding carboxylic acids is 1. The van der Waals surface area contributed by atoms with E-state index in [1.54, 1.807) is 11.3 Å². The van der Waals surface area contributed by atoms with Crippen LogP contribution in [0.5, 0.6) is 0 Å². The number of rotatable bonds is 5. The molecule has 0 unspecified atom stereocenters. The van der Waals surface area contributed by atoms with Gasteiger partial charge in [-0.05, 0) is 26.8 Å². The van der Waals surface area contributed by atoms with Crippen LogP contribution in [0.4, 0.5) is 0 Å². The van der Waals surface area contributed by atoms with Gasteiger partial charge >= 0.3 is 0 Å². The summed E-state index contributed by atoms with van der Waals surface area (Å²) in [5.41, 5.74) is 0.0210. The maximum atomic E-state index is 12.5. The standard InChI is InChI=1S/C15H25N3OS/c1-12-17-10-13(20-12)11-18(3)14(19)9-15(16-2)7-5-4-6-8-15/h10,16H,4-9,11H2,1-3H3. The van der Waals surface area contributed by atoms with Gasteiger partial charge in [0.1, 0.15) is 0 Å². The highest BCUT2D eigenvalue weighted by Crippen LogP contribution is 2.31. The van der Waals surface area contributed by atoms with E-state index < -0.39 is 0 Å². The summed E-state index contributed by atoms with van der Waals surface area (Å²) in [7, 11) is 3.88. The van der Waals surface area contributed by atoms with Crippen LogP contribution in [0.15, 0.2) is 6.20 Å². The molecule has 20 heavy (non-hydrogen) atoms. The van der Waals surface area contributed by atoms with Gasteiger partial charge in [0.05, 0.1) is 11.6 Å². The maximum absolute atomic E-state index is 12.5. The molecule has 1 amide bonds. The van der Waals surface area contributed by atoms with Crippen molar-refractivity contribution in [1.82, 2.24) is 15.2 Å². The van der Waals surface area contributed by atoms with Crippen molar-refractivity contribution in [2.75, 3.05) is 14.1 Å². The minimum absolute atomic E-state index is 0.0210. The largest absolute Gasteiger partial charge is 0.340 e. The lowest BCUT2D eigenvalue weighted by molar-refractivity contribution is -0.132. The molecular formula is C15H25N3OS. The van der Waals surface area contributed by atoms with Gasteiger partial charge in [0, 0.05) is 30.1 Å². The minimum Gasteiger partial charge on any atom is -0.340 e. The fourth-order valence-electron chi connectivity index (χ4n) is 2.97. The van der Waals surface area contributed by atoms with Gasteiger partial charge in [-0.3, -0.25) is 4.79 Å². The van der Waals surface area contributed by atoms with Gasteiger partial charge in [0.15, 0.2) is 0 Å². The first-order chi connectivity index (χ1) is 9.54. The lowest BCUT2D eigenvalue weighted by atomic mass is 9.79. The van der Waals surface area contributed by atoms with Crippen LogP contribution in [-0.4, -0.2) is 35.4 Å². The molecule has 1 N–H and O–H groups in total. The Balaban J connectivity index is 1.92. The van der Waals surface area contributed by atoms with Crippen LogP contribution < -0.4 is 5.32 Å². The molecule has 4 nitrogen and oxygen atoms in total. The molecule has 0 atom stereocenters. The number of carbonyl (C=O) groups is 1. The maximum Gasteiger partial charge on any atom is 0.224 e. The summed E-state index contributed by atoms with van der Waals surface area (Å²) >= 11 is 1.66. The van der Waals surface area contributed by atoms with Crippen LogP contribution in [0.2, 0.25) is 0 Å². The summed E-state index contributed by atoms with van der Waals surface area (Å²) in [4.78, 5) is 19.7. The fourth-order valence-corrected chi connectivity index (χ4v) is 3.82. The Hall–Kier alpha value is -0.940. The van der Waals surface area contributed by atoms with Crippen LogP contribution in [0.3, 0.4) is 0 Å². The minimum atomic E-state index is 0.0210. The Morgan fingerprint density at radius 1 is 1.45 bits per heavy atom. The normalized spacial score (nSPS) is 17.9. The molecule has 0 radical (unpaired) electrons. The van der Waals surface area contributed by atoms with E-state index in [1.165, 1.54) is 19.3 Å². The van der Waals surface area contributed by atoms with Crippen molar-refractivity contribution >= 4 is 17.2 Å². The molecule has 0 aromatic carbocycles. The monoisotopic (exact) mass is 295 g/mol. The van der Waals surface area contributed by atoms with Crippen LogP contribution in [0.25, 0.3) is 0 Å². The van der Waals surface area contributed by atoms with E-state index in [0.29, 0.717) is 13.0 Å². The quantitative estimate of drug-likeness (QED) is 0.908. The van der Waals surface area contributed by atoms with E-state index in [2.05, 4.69) is 10.3 Å². The molecule has 2 rings (SSSR count). The number of aryl methyl sites for hydroxylation is 1. The van der Waals surface area contributed by atoms with Crippen LogP contribution >= 0.6 is 11.3 Å². The van der Waals surface area contributed by atoms with Gasteiger partial charge in [0.25, 0.3) is 0 Å². The zero-order chi connectivity index (χ0) is 14.6. The highest BCUT2D eigenvalue weighted by Gasteiger charge is 2.33. The fraction of sp³-hybridized carbons (Fsp3) is 0.733. The van der Waals surface area contributed by atoms with Gasteiger partial charge < -0.3 is 10.2 Å². The van der Waals surface area contributed by atoms with Crippen molar-refractivity contribution < 1.29 is 4.79 Å². The highest BCUT2D eigenvalue weighted by atomic mass is 32.1. The number of hydrogen-bond donors (Lipinski definition) is 1. The lowest BCUT2D eigenvalue weighted by Gasteiger charge is -2.37. The first kappa shape index (κ1) is 15.4. The predicted molar refractivity (Wildman–Crippen MR) is 82.8 cm³/mol. The highest BCUT2D eigenvalue weighted by molar-refractivity contribution is 7.11. The van der Waals surface area contributed by atoms with Crippen LogP contribution in [0, 0.1) is 6.92 Å². The summed E-state index contributed by atoms with van der Waals surface area (Å²) in [5, 5.41) is 4.47. The zero-order valence-electron chi connectivity index (χ0n) is 12.7. The van der Waals surface area contributed by atoms with Crippen molar-refractivity contribution in [2.24, 2.45) is 0 Å². The second kappa shape index (κ2) is 6.68. The van der Waals surface area contributed by atoms with Crippen molar-refractivity contribution in [2.45, 2.75) is 57.5 Å². The summed E-state index contributed by atoms with van der Waals surface area (Å²) in [6.45, 7) is 2.66. The van der Waals surface area contributed by atoms with Crippen molar-refractivity contribution in [3.05, 3.63) is 16.1 Å². The first-order valence-electron chi connectivity index (χ1n) is 7.39. The Morgan fingerprint density at radius 2 is 2.15 bits per heavy atom. The number of nitrogens with zero attached hydrogens (tertiary/aromatic N) is 2. The van der Waals surface area contributed by atoms with Gasteiger partial charge in [-0.2, -0.15) is 0 Å². The molecule has 0 spiro atoms. The van der Waals surface area contributed by atoms with Crippen LogP contribution in [0.1, 0.15) is 48.4 Å². The number of aromatic nitrogens is 1. The molecule has 1 aromatic heterocycles. The van der Waals surface area contributed by atoms with E-state index in [-0.39, 0.29) is 11.4 Å². The predicted octanol–water partition coefficient (Wildman–Crippen LogP) is 2.72. The number of nitrogens with one attached hydrogen (secondary N) is 1. The van der Waals surface area contributed by atoms with Crippen molar-refractivity contribution in [1.29, 1.82) is 0 Å². The molecule has 1 fully saturated rings. The Morgan fingerprint density at radius 3 is 2.70 bits per heavy atom. The number of thiazole rings is 1. The molecule has 1 aliphatic carbocycles. The topological polar surface area (TPSA) is 45.2 Å². The van der Waals surface area contributed by atoms with E-state index in [1.807, 2.05) is 32.1 Å². The van der Waals surface area contributed by atoms with E-state index in [0.717, 1.165) is 22.7 Å². The Labute approximate surface area is 125 Å². The Bertz CT molecular complexity index is 452. The zero-order valence-corrected chi connectivity index (χ0v) is 13.6. The van der Waals surface area contributed by atoms with Crippen LogP contribution in [-0.2, 0) is 11.3 Å². The van der Waals surface area contributed by atoms with Crippen molar-refractivity contribution in [3.8, 4) is 0 Å². The summed E-state index contributed by atoms with van der Waals surface area (Å²) in [6.07, 6.45) is 8.47. The summed E-state index contributed by atoms with van der Waals surface area (Å²) in [5.74, 6) is 0.229. The van der Waals surface area contributed by atoms with Gasteiger partial charge in [-0.25, -0.2) is 4.98 Å². The van der Waals surface area contributed by atoms with E-state index in [9.17, 15) is 4.79 Å². The number of amides is 1. The molecule has 5 heteroatoms. The van der Waals surface area contributed by atoms with Gasteiger partial charge in [-0.15, -0.1) is 11.3 Å². The summed E-state index contributed by atoms with van der Waals surface area (Å²) < 4.78 is 0. The third kappa shape index (κ3) is 3.79. The smallest absolute Gasteiger partial charge is 0.224 e.